The Morgan fingerprint density at radius 2 is 1.72 bits per heavy atom. The Morgan fingerprint density at radius 1 is 1.03 bits per heavy atom. The van der Waals surface area contributed by atoms with Crippen LogP contribution in [-0.4, -0.2) is 70.8 Å². The third kappa shape index (κ3) is 9.51. The van der Waals surface area contributed by atoms with Gasteiger partial charge in [-0.2, -0.15) is 5.26 Å². The summed E-state index contributed by atoms with van der Waals surface area (Å²) in [4.78, 5) is 41.1. The van der Waals surface area contributed by atoms with Crippen molar-refractivity contribution in [2.24, 2.45) is 0 Å². The molecule has 0 atom stereocenters. The van der Waals surface area contributed by atoms with E-state index in [1.807, 2.05) is 44.2 Å². The molecular formula is C27H33ClN8O2S. The van der Waals surface area contributed by atoms with Crippen molar-refractivity contribution in [3.63, 3.8) is 0 Å². The third-order valence-corrected chi connectivity index (χ3v) is 6.50. The lowest BCUT2D eigenvalue weighted by Crippen LogP contribution is -2.33. The number of anilines is 2. The minimum atomic E-state index is -0.169. The molecule has 0 spiro atoms. The molecule has 1 aromatic carbocycles. The van der Waals surface area contributed by atoms with E-state index in [2.05, 4.69) is 26.3 Å². The average Bonchev–Trinajstić information content (AvgIpc) is 2.89. The zero-order valence-corrected chi connectivity index (χ0v) is 24.1. The summed E-state index contributed by atoms with van der Waals surface area (Å²) in [5, 5.41) is 12.8. The highest BCUT2D eigenvalue weighted by Gasteiger charge is 2.15. The molecule has 0 saturated carbocycles. The number of carbonyl (C=O) groups is 2. The van der Waals surface area contributed by atoms with Crippen molar-refractivity contribution in [1.29, 1.82) is 5.26 Å². The number of benzene rings is 1. The lowest BCUT2D eigenvalue weighted by atomic mass is 10.1. The Labute approximate surface area is 239 Å². The zero-order chi connectivity index (χ0) is 27.7. The quantitative estimate of drug-likeness (QED) is 0.262. The molecular weight excluding hydrogens is 536 g/mol. The van der Waals surface area contributed by atoms with Gasteiger partial charge in [0, 0.05) is 56.2 Å². The second-order valence-electron chi connectivity index (χ2n) is 9.01. The number of amides is 2. The van der Waals surface area contributed by atoms with Crippen molar-refractivity contribution in [3.8, 4) is 17.3 Å². The Hall–Kier alpha value is -3.72. The van der Waals surface area contributed by atoms with Gasteiger partial charge in [0.1, 0.15) is 17.5 Å². The summed E-state index contributed by atoms with van der Waals surface area (Å²) >= 11 is 1.36. The van der Waals surface area contributed by atoms with Crippen molar-refractivity contribution in [1.82, 2.24) is 24.8 Å². The molecule has 0 aliphatic rings. The highest BCUT2D eigenvalue weighted by atomic mass is 35.5. The number of aryl methyl sites for hydroxylation is 1. The summed E-state index contributed by atoms with van der Waals surface area (Å²) in [5.41, 5.74) is 9.72. The maximum atomic E-state index is 12.4. The van der Waals surface area contributed by atoms with E-state index in [4.69, 9.17) is 5.73 Å². The predicted octanol–water partition coefficient (Wildman–Crippen LogP) is 3.62. The third-order valence-electron chi connectivity index (χ3n) is 5.62. The Bertz CT molecular complexity index is 1330. The van der Waals surface area contributed by atoms with Crippen LogP contribution in [0.4, 0.5) is 11.5 Å². The van der Waals surface area contributed by atoms with Crippen LogP contribution in [0, 0.1) is 11.3 Å². The first-order chi connectivity index (χ1) is 18.2. The lowest BCUT2D eigenvalue weighted by Gasteiger charge is -2.19. The van der Waals surface area contributed by atoms with E-state index in [1.165, 1.54) is 18.7 Å². The van der Waals surface area contributed by atoms with Crippen LogP contribution in [-0.2, 0) is 21.8 Å². The van der Waals surface area contributed by atoms with Crippen LogP contribution in [0.5, 0.6) is 0 Å². The SMILES string of the molecule is CC(=O)Nc1ccc(-c2nc(SCc3cccc(CCC(=O)N(C)CCN(C)C)n3)nc(N)c2C#N)cc1.Cl. The average molecular weight is 569 g/mol. The minimum absolute atomic E-state index is 0. The monoisotopic (exact) mass is 568 g/mol. The molecule has 2 heterocycles. The van der Waals surface area contributed by atoms with Crippen molar-refractivity contribution in [3.05, 3.63) is 59.4 Å². The Balaban J connectivity index is 0.00000533. The molecule has 2 amide bonds. The van der Waals surface area contributed by atoms with Gasteiger partial charge in [-0.15, -0.1) is 12.4 Å². The molecule has 3 aromatic rings. The summed E-state index contributed by atoms with van der Waals surface area (Å²) in [6.45, 7) is 2.94. The predicted molar refractivity (Wildman–Crippen MR) is 156 cm³/mol. The molecule has 206 valence electrons. The van der Waals surface area contributed by atoms with Crippen LogP contribution in [0.25, 0.3) is 11.3 Å². The van der Waals surface area contributed by atoms with E-state index >= 15 is 0 Å². The van der Waals surface area contributed by atoms with Gasteiger partial charge in [0.25, 0.3) is 0 Å². The number of halogens is 1. The number of nitrogen functional groups attached to an aromatic ring is 1. The molecule has 12 heteroatoms. The van der Waals surface area contributed by atoms with Crippen LogP contribution in [0.3, 0.4) is 0 Å². The highest BCUT2D eigenvalue weighted by molar-refractivity contribution is 7.98. The fraction of sp³-hybridized carbons (Fsp3) is 0.333. The topological polar surface area (TPSA) is 141 Å². The summed E-state index contributed by atoms with van der Waals surface area (Å²) in [6.07, 6.45) is 0.954. The summed E-state index contributed by atoms with van der Waals surface area (Å²) in [6, 6.07) is 14.9. The molecule has 10 nitrogen and oxygen atoms in total. The molecule has 0 bridgehead atoms. The molecule has 0 radical (unpaired) electrons. The number of nitrogens with one attached hydrogen (secondary N) is 1. The van der Waals surface area contributed by atoms with E-state index in [-0.39, 0.29) is 35.6 Å². The molecule has 0 saturated heterocycles. The standard InChI is InChI=1S/C27H32N8O2S.ClH/c1-18(36)30-21-10-8-19(9-11-21)25-23(16-28)26(29)33-27(32-25)38-17-22-7-5-6-20(31-22)12-13-24(37)35(4)15-14-34(2)3;/h5-11H,12-15,17H2,1-4H3,(H,30,36)(H2,29,32,33);1H. The lowest BCUT2D eigenvalue weighted by molar-refractivity contribution is -0.130. The van der Waals surface area contributed by atoms with E-state index in [0.717, 1.165) is 17.9 Å². The van der Waals surface area contributed by atoms with Crippen molar-refractivity contribution >= 4 is 47.5 Å². The Morgan fingerprint density at radius 3 is 2.36 bits per heavy atom. The fourth-order valence-electron chi connectivity index (χ4n) is 3.54. The van der Waals surface area contributed by atoms with E-state index in [9.17, 15) is 14.9 Å². The van der Waals surface area contributed by atoms with Gasteiger partial charge in [0.05, 0.1) is 11.4 Å². The van der Waals surface area contributed by atoms with Gasteiger partial charge >= 0.3 is 0 Å². The van der Waals surface area contributed by atoms with Crippen LogP contribution < -0.4 is 11.1 Å². The van der Waals surface area contributed by atoms with E-state index in [1.54, 1.807) is 29.2 Å². The molecule has 0 fully saturated rings. The largest absolute Gasteiger partial charge is 0.382 e. The van der Waals surface area contributed by atoms with Gasteiger partial charge in [-0.3, -0.25) is 14.6 Å². The zero-order valence-electron chi connectivity index (χ0n) is 22.5. The molecule has 3 N–H and O–H groups in total. The van der Waals surface area contributed by atoms with E-state index in [0.29, 0.717) is 47.2 Å². The maximum absolute atomic E-state index is 12.4. The molecule has 0 aliphatic heterocycles. The number of hydrogen-bond acceptors (Lipinski definition) is 9. The number of pyridine rings is 1. The Kier molecular flexibility index (Phi) is 12.1. The van der Waals surface area contributed by atoms with Crippen molar-refractivity contribution < 1.29 is 9.59 Å². The summed E-state index contributed by atoms with van der Waals surface area (Å²) in [7, 11) is 5.79. The normalized spacial score (nSPS) is 10.5. The van der Waals surface area contributed by atoms with Gasteiger partial charge < -0.3 is 20.9 Å². The van der Waals surface area contributed by atoms with Gasteiger partial charge in [-0.05, 0) is 44.8 Å². The first-order valence-corrected chi connectivity index (χ1v) is 13.1. The maximum Gasteiger partial charge on any atom is 0.222 e. The number of likely N-dealkylation sites (N-methyl/N-ethyl adjacent to an activating group) is 2. The fourth-order valence-corrected chi connectivity index (χ4v) is 4.30. The molecule has 3 rings (SSSR count). The number of rotatable bonds is 11. The first kappa shape index (κ1) is 31.5. The molecule has 0 aliphatic carbocycles. The summed E-state index contributed by atoms with van der Waals surface area (Å²) < 4.78 is 0. The number of aromatic nitrogens is 3. The van der Waals surface area contributed by atoms with Gasteiger partial charge in [-0.1, -0.05) is 30.0 Å². The van der Waals surface area contributed by atoms with Gasteiger partial charge in [-0.25, -0.2) is 9.97 Å². The molecule has 39 heavy (non-hydrogen) atoms. The number of nitrogens with two attached hydrogens (primary N) is 1. The molecule has 2 aromatic heterocycles. The highest BCUT2D eigenvalue weighted by Crippen LogP contribution is 2.29. The van der Waals surface area contributed by atoms with Gasteiger partial charge in [0.15, 0.2) is 5.16 Å². The number of nitrogens with zero attached hydrogens (tertiary/aromatic N) is 6. The second kappa shape index (κ2) is 15.0. The van der Waals surface area contributed by atoms with Crippen LogP contribution >= 0.6 is 24.2 Å². The number of hydrogen-bond donors (Lipinski definition) is 2. The number of thioether (sulfide) groups is 1. The molecule has 0 unspecified atom stereocenters. The smallest absolute Gasteiger partial charge is 0.222 e. The van der Waals surface area contributed by atoms with Crippen LogP contribution in [0.15, 0.2) is 47.6 Å². The summed E-state index contributed by atoms with van der Waals surface area (Å²) in [5.74, 6) is 0.519. The van der Waals surface area contributed by atoms with Crippen LogP contribution in [0.2, 0.25) is 0 Å². The number of carbonyl (C=O) groups excluding carboxylic acids is 2. The van der Waals surface area contributed by atoms with Gasteiger partial charge in [0.2, 0.25) is 11.8 Å². The first-order valence-electron chi connectivity index (χ1n) is 12.1. The van der Waals surface area contributed by atoms with Crippen LogP contribution in [0.1, 0.15) is 30.3 Å². The number of nitriles is 1. The van der Waals surface area contributed by atoms with E-state index < -0.39 is 0 Å². The van der Waals surface area contributed by atoms with Crippen molar-refractivity contribution in [2.45, 2.75) is 30.7 Å². The minimum Gasteiger partial charge on any atom is -0.382 e. The second-order valence-corrected chi connectivity index (χ2v) is 9.96. The van der Waals surface area contributed by atoms with Crippen molar-refractivity contribution in [2.75, 3.05) is 45.3 Å².